The Bertz CT molecular complexity index is 757. The normalized spacial score (nSPS) is 17.0. The Morgan fingerprint density at radius 3 is 2.92 bits per heavy atom. The molecule has 24 heavy (non-hydrogen) atoms. The van der Waals surface area contributed by atoms with E-state index in [1.54, 1.807) is 17.5 Å². The highest BCUT2D eigenvalue weighted by molar-refractivity contribution is 7.14. The smallest absolute Gasteiger partial charge is 0.326 e. The van der Waals surface area contributed by atoms with E-state index in [4.69, 9.17) is 5.11 Å². The van der Waals surface area contributed by atoms with Crippen LogP contribution in [-0.4, -0.2) is 45.4 Å². The number of amides is 2. The van der Waals surface area contributed by atoms with Crippen molar-refractivity contribution >= 4 is 45.6 Å². The summed E-state index contributed by atoms with van der Waals surface area (Å²) in [6, 6.07) is 2.77. The van der Waals surface area contributed by atoms with Crippen molar-refractivity contribution in [3.8, 4) is 0 Å². The van der Waals surface area contributed by atoms with E-state index in [2.05, 4.69) is 10.3 Å². The molecule has 0 aromatic carbocycles. The molecule has 2 N–H and O–H groups in total. The number of likely N-dealkylation sites (tertiary alicyclic amines) is 1. The lowest BCUT2D eigenvalue weighted by molar-refractivity contribution is -0.148. The van der Waals surface area contributed by atoms with Gasteiger partial charge in [-0.2, -0.15) is 0 Å². The van der Waals surface area contributed by atoms with Crippen LogP contribution in [0.15, 0.2) is 22.9 Å². The third-order valence-corrected chi connectivity index (χ3v) is 5.38. The van der Waals surface area contributed by atoms with Crippen LogP contribution >= 0.6 is 22.7 Å². The van der Waals surface area contributed by atoms with Gasteiger partial charge in [0.2, 0.25) is 5.91 Å². The van der Waals surface area contributed by atoms with Gasteiger partial charge in [-0.05, 0) is 24.3 Å². The number of thiophene rings is 1. The summed E-state index contributed by atoms with van der Waals surface area (Å²) < 4.78 is 0. The minimum absolute atomic E-state index is 0.0369. The number of nitrogens with one attached hydrogen (secondary N) is 1. The molecule has 0 unspecified atom stereocenters. The van der Waals surface area contributed by atoms with Crippen molar-refractivity contribution in [2.24, 2.45) is 0 Å². The molecule has 0 radical (unpaired) electrons. The molecule has 2 aromatic heterocycles. The lowest BCUT2D eigenvalue weighted by Crippen LogP contribution is -2.41. The maximum Gasteiger partial charge on any atom is 0.326 e. The van der Waals surface area contributed by atoms with Gasteiger partial charge in [0.05, 0.1) is 17.0 Å². The predicted molar refractivity (Wildman–Crippen MR) is 90.5 cm³/mol. The minimum Gasteiger partial charge on any atom is -0.480 e. The first kappa shape index (κ1) is 16.6. The van der Waals surface area contributed by atoms with E-state index >= 15 is 0 Å². The van der Waals surface area contributed by atoms with Crippen molar-refractivity contribution in [1.29, 1.82) is 0 Å². The van der Waals surface area contributed by atoms with E-state index in [1.165, 1.54) is 27.6 Å². The van der Waals surface area contributed by atoms with Crippen molar-refractivity contribution in [2.75, 3.05) is 11.9 Å². The summed E-state index contributed by atoms with van der Waals surface area (Å²) >= 11 is 2.58. The molecule has 7 nitrogen and oxygen atoms in total. The Morgan fingerprint density at radius 2 is 2.21 bits per heavy atom. The summed E-state index contributed by atoms with van der Waals surface area (Å²) in [6.07, 6.45) is 1.22. The molecule has 0 spiro atoms. The molecular formula is C15H15N3O4S2. The van der Waals surface area contributed by atoms with Gasteiger partial charge in [-0.3, -0.25) is 14.9 Å². The Morgan fingerprint density at radius 1 is 1.38 bits per heavy atom. The second-order valence-electron chi connectivity index (χ2n) is 5.34. The zero-order valence-corrected chi connectivity index (χ0v) is 14.2. The molecule has 126 valence electrons. The molecule has 3 heterocycles. The van der Waals surface area contributed by atoms with Crippen molar-refractivity contribution in [2.45, 2.75) is 25.3 Å². The first-order valence-electron chi connectivity index (χ1n) is 7.36. The molecule has 9 heteroatoms. The summed E-state index contributed by atoms with van der Waals surface area (Å²) in [4.78, 5) is 41.6. The number of anilines is 1. The Labute approximate surface area is 145 Å². The topological polar surface area (TPSA) is 99.6 Å². The van der Waals surface area contributed by atoms with Crippen molar-refractivity contribution in [3.05, 3.63) is 33.5 Å². The Hall–Kier alpha value is -2.26. The average molecular weight is 365 g/mol. The second kappa shape index (κ2) is 7.10. The van der Waals surface area contributed by atoms with Crippen LogP contribution in [0.1, 0.15) is 28.2 Å². The van der Waals surface area contributed by atoms with Crippen LogP contribution in [0.25, 0.3) is 0 Å². The fourth-order valence-electron chi connectivity index (χ4n) is 2.59. The van der Waals surface area contributed by atoms with E-state index < -0.39 is 12.0 Å². The second-order valence-corrected chi connectivity index (χ2v) is 7.14. The molecule has 1 aliphatic rings. The molecule has 1 fully saturated rings. The molecule has 0 bridgehead atoms. The number of hydrogen-bond donors (Lipinski definition) is 2. The van der Waals surface area contributed by atoms with Crippen LogP contribution in [0, 0.1) is 0 Å². The number of rotatable bonds is 5. The van der Waals surface area contributed by atoms with Crippen molar-refractivity contribution < 1.29 is 19.5 Å². The van der Waals surface area contributed by atoms with Gasteiger partial charge in [-0.1, -0.05) is 6.07 Å². The first-order chi connectivity index (χ1) is 11.5. The standard InChI is InChI=1S/C15H15N3O4S2/c19-12(18-5-1-3-10(18)14(21)22)7-9-8-24-15(16-9)17-13(20)11-4-2-6-23-11/h2,4,6,8,10H,1,3,5,7H2,(H,21,22)(H,16,17,20)/t10-/m1/s1. The molecule has 0 aliphatic carbocycles. The van der Waals surface area contributed by atoms with Crippen molar-refractivity contribution in [3.63, 3.8) is 0 Å². The first-order valence-corrected chi connectivity index (χ1v) is 9.12. The van der Waals surface area contributed by atoms with E-state index in [1.807, 2.05) is 5.38 Å². The largest absolute Gasteiger partial charge is 0.480 e. The molecule has 2 amide bonds. The molecular weight excluding hydrogens is 350 g/mol. The van der Waals surface area contributed by atoms with Crippen LogP contribution in [0.4, 0.5) is 5.13 Å². The highest BCUT2D eigenvalue weighted by Gasteiger charge is 2.33. The molecule has 0 saturated carbocycles. The van der Waals surface area contributed by atoms with E-state index in [0.717, 1.165) is 0 Å². The van der Waals surface area contributed by atoms with Crippen molar-refractivity contribution in [1.82, 2.24) is 9.88 Å². The molecule has 3 rings (SSSR count). The number of carboxylic acid groups (broad SMARTS) is 1. The summed E-state index contributed by atoms with van der Waals surface area (Å²) in [6.45, 7) is 0.460. The summed E-state index contributed by atoms with van der Waals surface area (Å²) in [7, 11) is 0. The summed E-state index contributed by atoms with van der Waals surface area (Å²) in [5.74, 6) is -1.45. The maximum absolute atomic E-state index is 12.3. The Kier molecular flexibility index (Phi) is 4.91. The number of carbonyl (C=O) groups is 3. The third kappa shape index (κ3) is 3.62. The fourth-order valence-corrected chi connectivity index (χ4v) is 3.91. The Balaban J connectivity index is 1.60. The number of nitrogens with zero attached hydrogens (tertiary/aromatic N) is 2. The number of carboxylic acids is 1. The minimum atomic E-state index is -0.969. The monoisotopic (exact) mass is 365 g/mol. The van der Waals surface area contributed by atoms with Crippen LogP contribution < -0.4 is 5.32 Å². The van der Waals surface area contributed by atoms with E-state index in [9.17, 15) is 14.4 Å². The zero-order chi connectivity index (χ0) is 17.1. The van der Waals surface area contributed by atoms with Gasteiger partial charge in [0.15, 0.2) is 5.13 Å². The highest BCUT2D eigenvalue weighted by Crippen LogP contribution is 2.21. The SMILES string of the molecule is O=C(Nc1nc(CC(=O)N2CCC[C@@H]2C(=O)O)cs1)c1cccs1. The van der Waals surface area contributed by atoms with Gasteiger partial charge >= 0.3 is 5.97 Å². The van der Waals surface area contributed by atoms with Crippen LogP contribution in [0.2, 0.25) is 0 Å². The maximum atomic E-state index is 12.3. The van der Waals surface area contributed by atoms with E-state index in [-0.39, 0.29) is 18.2 Å². The highest BCUT2D eigenvalue weighted by atomic mass is 32.1. The number of hydrogen-bond acceptors (Lipinski definition) is 6. The zero-order valence-electron chi connectivity index (χ0n) is 12.6. The van der Waals surface area contributed by atoms with E-state index in [0.29, 0.717) is 35.1 Å². The molecule has 2 aromatic rings. The number of aromatic nitrogens is 1. The average Bonchev–Trinajstić information content (AvgIpc) is 3.28. The lowest BCUT2D eigenvalue weighted by Gasteiger charge is -2.20. The van der Waals surface area contributed by atoms with Crippen LogP contribution in [0.3, 0.4) is 0 Å². The van der Waals surface area contributed by atoms with Gasteiger partial charge in [0, 0.05) is 11.9 Å². The predicted octanol–water partition coefficient (Wildman–Crippen LogP) is 2.08. The fraction of sp³-hybridized carbons (Fsp3) is 0.333. The van der Waals surface area contributed by atoms with Gasteiger partial charge in [-0.25, -0.2) is 9.78 Å². The molecule has 1 saturated heterocycles. The third-order valence-electron chi connectivity index (χ3n) is 3.71. The van der Waals surface area contributed by atoms with Gasteiger partial charge < -0.3 is 10.0 Å². The lowest BCUT2D eigenvalue weighted by atomic mass is 10.2. The summed E-state index contributed by atoms with van der Waals surface area (Å²) in [5, 5.41) is 15.8. The van der Waals surface area contributed by atoms with Gasteiger partial charge in [0.1, 0.15) is 6.04 Å². The number of thiazole rings is 1. The molecule has 1 atom stereocenters. The van der Waals surface area contributed by atoms with Crippen LogP contribution in [-0.2, 0) is 16.0 Å². The number of aliphatic carboxylic acids is 1. The van der Waals surface area contributed by atoms with Gasteiger partial charge in [0.25, 0.3) is 5.91 Å². The molecule has 1 aliphatic heterocycles. The quantitative estimate of drug-likeness (QED) is 0.845. The summed E-state index contributed by atoms with van der Waals surface area (Å²) in [5.41, 5.74) is 0.530. The van der Waals surface area contributed by atoms with Crippen LogP contribution in [0.5, 0.6) is 0 Å². The van der Waals surface area contributed by atoms with Gasteiger partial charge in [-0.15, -0.1) is 22.7 Å². The number of carbonyl (C=O) groups excluding carboxylic acids is 2.